The molecule has 3 heterocycles. The van der Waals surface area contributed by atoms with E-state index in [2.05, 4.69) is 16.0 Å². The summed E-state index contributed by atoms with van der Waals surface area (Å²) < 4.78 is 2.12. The molecule has 0 saturated carbocycles. The lowest BCUT2D eigenvalue weighted by molar-refractivity contribution is -0.00809. The normalized spacial score (nSPS) is 32.9. The zero-order chi connectivity index (χ0) is 13.7. The molecule has 2 N–H and O–H groups in total. The van der Waals surface area contributed by atoms with Gasteiger partial charge in [-0.25, -0.2) is 4.98 Å². The van der Waals surface area contributed by atoms with Crippen LogP contribution in [0.5, 0.6) is 0 Å². The molecule has 20 heavy (non-hydrogen) atoms. The Balaban J connectivity index is 1.65. The first kappa shape index (κ1) is 12.4. The van der Waals surface area contributed by atoms with Crippen molar-refractivity contribution < 1.29 is 5.11 Å². The number of rotatable bonds is 2. The van der Waals surface area contributed by atoms with Crippen LogP contribution in [0, 0.1) is 0 Å². The molecule has 4 heteroatoms. The molecule has 0 amide bonds. The van der Waals surface area contributed by atoms with Crippen LogP contribution >= 0.6 is 0 Å². The molecule has 2 bridgehead atoms. The summed E-state index contributed by atoms with van der Waals surface area (Å²) in [6, 6.07) is 9.16. The summed E-state index contributed by atoms with van der Waals surface area (Å²) in [6.07, 6.45) is 4.78. The highest BCUT2D eigenvalue weighted by molar-refractivity contribution is 5.75. The number of benzene rings is 1. The Bertz CT molecular complexity index is 636. The molecule has 106 valence electrons. The van der Waals surface area contributed by atoms with Gasteiger partial charge in [-0.3, -0.25) is 0 Å². The highest BCUT2D eigenvalue weighted by Gasteiger charge is 2.43. The van der Waals surface area contributed by atoms with E-state index in [1.165, 1.54) is 12.8 Å². The van der Waals surface area contributed by atoms with E-state index in [0.29, 0.717) is 18.5 Å². The molecule has 4 rings (SSSR count). The number of hydrogen-bond acceptors (Lipinski definition) is 3. The van der Waals surface area contributed by atoms with E-state index < -0.39 is 5.60 Å². The van der Waals surface area contributed by atoms with Crippen LogP contribution in [0.4, 0.5) is 0 Å². The van der Waals surface area contributed by atoms with Crippen LogP contribution in [0.25, 0.3) is 11.0 Å². The molecule has 2 unspecified atom stereocenters. The third-order valence-electron chi connectivity index (χ3n) is 4.95. The van der Waals surface area contributed by atoms with Gasteiger partial charge in [-0.15, -0.1) is 0 Å². The largest absolute Gasteiger partial charge is 0.389 e. The molecule has 2 fully saturated rings. The molecule has 1 aromatic carbocycles. The highest BCUT2D eigenvalue weighted by Crippen LogP contribution is 2.36. The van der Waals surface area contributed by atoms with Crippen LogP contribution in [0.15, 0.2) is 24.3 Å². The minimum Gasteiger partial charge on any atom is -0.389 e. The van der Waals surface area contributed by atoms with Crippen molar-refractivity contribution in [3.8, 4) is 0 Å². The maximum absolute atomic E-state index is 11.0. The second-order valence-electron chi connectivity index (χ2n) is 6.52. The molecule has 2 atom stereocenters. The first-order chi connectivity index (χ1) is 9.63. The van der Waals surface area contributed by atoms with E-state index in [1.54, 1.807) is 0 Å². The van der Waals surface area contributed by atoms with Crippen LogP contribution in [0.1, 0.15) is 31.5 Å². The molecule has 2 aliphatic heterocycles. The number of aryl methyl sites for hydroxylation is 1. The zero-order valence-corrected chi connectivity index (χ0v) is 11.8. The molecule has 2 saturated heterocycles. The number of nitrogens with zero attached hydrogens (tertiary/aromatic N) is 2. The van der Waals surface area contributed by atoms with E-state index in [4.69, 9.17) is 4.98 Å². The Labute approximate surface area is 118 Å². The summed E-state index contributed by atoms with van der Waals surface area (Å²) in [7, 11) is 2.05. The number of hydrogen-bond donors (Lipinski definition) is 2. The van der Waals surface area contributed by atoms with Crippen LogP contribution in [0.2, 0.25) is 0 Å². The first-order valence-electron chi connectivity index (χ1n) is 7.52. The number of fused-ring (bicyclic) bond motifs is 3. The minimum absolute atomic E-state index is 0.494. The van der Waals surface area contributed by atoms with Gasteiger partial charge in [-0.2, -0.15) is 0 Å². The van der Waals surface area contributed by atoms with Gasteiger partial charge in [0.2, 0.25) is 0 Å². The van der Waals surface area contributed by atoms with E-state index in [-0.39, 0.29) is 0 Å². The van der Waals surface area contributed by atoms with Crippen LogP contribution in [-0.4, -0.2) is 32.3 Å². The summed E-state index contributed by atoms with van der Waals surface area (Å²) in [4.78, 5) is 4.70. The van der Waals surface area contributed by atoms with E-state index >= 15 is 0 Å². The number of piperidine rings is 1. The topological polar surface area (TPSA) is 50.1 Å². The molecule has 0 aliphatic carbocycles. The fraction of sp³-hybridized carbons (Fsp3) is 0.562. The fourth-order valence-electron chi connectivity index (χ4n) is 4.02. The van der Waals surface area contributed by atoms with E-state index in [9.17, 15) is 5.11 Å². The maximum Gasteiger partial charge on any atom is 0.112 e. The zero-order valence-electron chi connectivity index (χ0n) is 11.8. The maximum atomic E-state index is 11.0. The number of imidazole rings is 1. The van der Waals surface area contributed by atoms with Gasteiger partial charge in [-0.05, 0) is 37.8 Å². The molecule has 1 aromatic heterocycles. The van der Waals surface area contributed by atoms with Crippen molar-refractivity contribution >= 4 is 11.0 Å². The van der Waals surface area contributed by atoms with Crippen molar-refractivity contribution in [2.24, 2.45) is 7.05 Å². The highest BCUT2D eigenvalue weighted by atomic mass is 16.3. The summed E-state index contributed by atoms with van der Waals surface area (Å²) in [5.41, 5.74) is 1.57. The molecular weight excluding hydrogens is 250 g/mol. The Morgan fingerprint density at radius 2 is 2.00 bits per heavy atom. The fourth-order valence-corrected chi connectivity index (χ4v) is 4.02. The van der Waals surface area contributed by atoms with Gasteiger partial charge in [0.15, 0.2) is 0 Å². The predicted octanol–water partition coefficient (Wildman–Crippen LogP) is 1.76. The monoisotopic (exact) mass is 271 g/mol. The summed E-state index contributed by atoms with van der Waals surface area (Å²) >= 11 is 0. The molecule has 2 aromatic rings. The van der Waals surface area contributed by atoms with Gasteiger partial charge >= 0.3 is 0 Å². The third kappa shape index (κ3) is 1.95. The summed E-state index contributed by atoms with van der Waals surface area (Å²) in [5.74, 6) is 0.995. The number of nitrogens with one attached hydrogen (secondary N) is 1. The van der Waals surface area contributed by atoms with Gasteiger partial charge in [0.25, 0.3) is 0 Å². The van der Waals surface area contributed by atoms with Gasteiger partial charge < -0.3 is 15.0 Å². The number of aromatic nitrogens is 2. The Morgan fingerprint density at radius 3 is 2.70 bits per heavy atom. The molecule has 4 nitrogen and oxygen atoms in total. The lowest BCUT2D eigenvalue weighted by Gasteiger charge is -2.36. The standard InChI is InChI=1S/C16H21N3O/c1-19-14-5-3-2-4-13(14)18-15(19)10-16(20)8-11-6-7-12(9-16)17-11/h2-5,11-12,17,20H,6-10H2,1H3. The van der Waals surface area contributed by atoms with Crippen molar-refractivity contribution in [1.29, 1.82) is 0 Å². The average Bonchev–Trinajstić information content (AvgIpc) is 2.91. The van der Waals surface area contributed by atoms with Gasteiger partial charge in [-0.1, -0.05) is 12.1 Å². The quantitative estimate of drug-likeness (QED) is 0.875. The van der Waals surface area contributed by atoms with Crippen LogP contribution < -0.4 is 5.32 Å². The molecule has 0 spiro atoms. The lowest BCUT2D eigenvalue weighted by Crippen LogP contribution is -2.49. The van der Waals surface area contributed by atoms with Crippen molar-refractivity contribution in [1.82, 2.24) is 14.9 Å². The van der Waals surface area contributed by atoms with Gasteiger partial charge in [0.05, 0.1) is 16.6 Å². The average molecular weight is 271 g/mol. The number of aliphatic hydroxyl groups is 1. The summed E-state index contributed by atoms with van der Waals surface area (Å²) in [6.45, 7) is 0. The molecule has 2 aliphatic rings. The first-order valence-corrected chi connectivity index (χ1v) is 7.52. The van der Waals surface area contributed by atoms with Crippen molar-refractivity contribution in [2.75, 3.05) is 0 Å². The minimum atomic E-state index is -0.591. The van der Waals surface area contributed by atoms with Crippen molar-refractivity contribution in [2.45, 2.75) is 49.8 Å². The van der Waals surface area contributed by atoms with E-state index in [1.807, 2.05) is 25.2 Å². The van der Waals surface area contributed by atoms with Crippen LogP contribution in [-0.2, 0) is 13.5 Å². The van der Waals surface area contributed by atoms with Crippen molar-refractivity contribution in [3.05, 3.63) is 30.1 Å². The van der Waals surface area contributed by atoms with E-state index in [0.717, 1.165) is 29.7 Å². The van der Waals surface area contributed by atoms with Gasteiger partial charge in [0.1, 0.15) is 5.82 Å². The smallest absolute Gasteiger partial charge is 0.112 e. The SMILES string of the molecule is Cn1c(CC2(O)CC3CCC(C2)N3)nc2ccccc21. The Kier molecular flexibility index (Phi) is 2.66. The van der Waals surface area contributed by atoms with Gasteiger partial charge in [0, 0.05) is 25.6 Å². The second kappa shape index (κ2) is 4.30. The summed E-state index contributed by atoms with van der Waals surface area (Å²) in [5, 5.41) is 14.5. The molecule has 0 radical (unpaired) electrons. The Hall–Kier alpha value is -1.39. The molecular formula is C16H21N3O. The Morgan fingerprint density at radius 1 is 1.30 bits per heavy atom. The van der Waals surface area contributed by atoms with Crippen LogP contribution in [0.3, 0.4) is 0 Å². The van der Waals surface area contributed by atoms with Crippen molar-refractivity contribution in [3.63, 3.8) is 0 Å². The number of para-hydroxylation sites is 2. The third-order valence-corrected chi connectivity index (χ3v) is 4.95. The second-order valence-corrected chi connectivity index (χ2v) is 6.52. The lowest BCUT2D eigenvalue weighted by atomic mass is 9.84. The predicted molar refractivity (Wildman–Crippen MR) is 78.5 cm³/mol.